The predicted molar refractivity (Wildman–Crippen MR) is 104 cm³/mol. The molecule has 7 nitrogen and oxygen atoms in total. The van der Waals surface area contributed by atoms with Gasteiger partial charge in [-0.25, -0.2) is 13.1 Å². The maximum atomic E-state index is 12.8. The van der Waals surface area contributed by atoms with Crippen molar-refractivity contribution in [2.75, 3.05) is 24.9 Å². The molecule has 1 heterocycles. The monoisotopic (exact) mass is 444 g/mol. The molecule has 1 aliphatic heterocycles. The SMILES string of the molecule is O=S(=O)(NCCCN1CCc2ccccc2C1)c1ccc(C(F)(F)F)cc1N([O-])O. The van der Waals surface area contributed by atoms with Crippen LogP contribution in [0.5, 0.6) is 0 Å². The van der Waals surface area contributed by atoms with Gasteiger partial charge in [-0.15, -0.1) is 0 Å². The van der Waals surface area contributed by atoms with Crippen molar-refractivity contribution in [3.63, 3.8) is 0 Å². The first-order valence-electron chi connectivity index (χ1n) is 9.24. The van der Waals surface area contributed by atoms with E-state index in [9.17, 15) is 26.8 Å². The van der Waals surface area contributed by atoms with E-state index in [-0.39, 0.29) is 6.54 Å². The van der Waals surface area contributed by atoms with Crippen LogP contribution in [0.2, 0.25) is 0 Å². The van der Waals surface area contributed by atoms with Crippen LogP contribution in [-0.4, -0.2) is 38.2 Å². The summed E-state index contributed by atoms with van der Waals surface area (Å²) in [6, 6.07) is 9.61. The number of sulfonamides is 1. The third-order valence-electron chi connectivity index (χ3n) is 4.93. The molecule has 0 unspecified atom stereocenters. The van der Waals surface area contributed by atoms with Crippen molar-refractivity contribution in [3.8, 4) is 0 Å². The Bertz CT molecular complexity index is 997. The van der Waals surface area contributed by atoms with Crippen molar-refractivity contribution >= 4 is 15.7 Å². The van der Waals surface area contributed by atoms with Crippen molar-refractivity contribution in [2.45, 2.75) is 30.5 Å². The van der Waals surface area contributed by atoms with Crippen LogP contribution in [0.25, 0.3) is 0 Å². The van der Waals surface area contributed by atoms with E-state index in [0.717, 1.165) is 19.5 Å². The van der Waals surface area contributed by atoms with Gasteiger partial charge in [-0.2, -0.15) is 13.2 Å². The molecule has 1 aliphatic rings. The highest BCUT2D eigenvalue weighted by Gasteiger charge is 2.32. The predicted octanol–water partition coefficient (Wildman–Crippen LogP) is 3.13. The number of benzene rings is 2. The zero-order chi connectivity index (χ0) is 21.9. The molecule has 11 heteroatoms. The Kier molecular flexibility index (Phi) is 6.68. The second kappa shape index (κ2) is 8.90. The van der Waals surface area contributed by atoms with Gasteiger partial charge in [0.2, 0.25) is 10.0 Å². The van der Waals surface area contributed by atoms with E-state index in [4.69, 9.17) is 5.21 Å². The number of alkyl halides is 3. The molecule has 2 N–H and O–H groups in total. The number of hydrogen-bond donors (Lipinski definition) is 2. The van der Waals surface area contributed by atoms with Crippen LogP contribution in [0.15, 0.2) is 47.4 Å². The van der Waals surface area contributed by atoms with Crippen LogP contribution >= 0.6 is 0 Å². The summed E-state index contributed by atoms with van der Waals surface area (Å²) in [4.78, 5) is 1.47. The first-order valence-corrected chi connectivity index (χ1v) is 10.7. The lowest BCUT2D eigenvalue weighted by Gasteiger charge is -2.28. The number of nitrogens with one attached hydrogen (secondary N) is 1. The number of fused-ring (bicyclic) bond motifs is 1. The van der Waals surface area contributed by atoms with Gasteiger partial charge >= 0.3 is 6.18 Å². The van der Waals surface area contributed by atoms with Crippen LogP contribution in [0.1, 0.15) is 23.1 Å². The molecule has 164 valence electrons. The summed E-state index contributed by atoms with van der Waals surface area (Å²) in [6.07, 6.45) is -3.40. The van der Waals surface area contributed by atoms with Crippen LogP contribution < -0.4 is 9.95 Å². The van der Waals surface area contributed by atoms with E-state index in [1.54, 1.807) is 0 Å². The summed E-state index contributed by atoms with van der Waals surface area (Å²) < 4.78 is 65.6. The minimum absolute atomic E-state index is 0.0330. The van der Waals surface area contributed by atoms with E-state index in [1.165, 1.54) is 11.1 Å². The maximum Gasteiger partial charge on any atom is 0.416 e. The minimum Gasteiger partial charge on any atom is -0.733 e. The molecule has 0 atom stereocenters. The molecule has 0 bridgehead atoms. The molecular formula is C19H21F3N3O4S-. The molecule has 0 spiro atoms. The van der Waals surface area contributed by atoms with Gasteiger partial charge in [0.1, 0.15) is 4.90 Å². The molecule has 0 saturated carbocycles. The smallest absolute Gasteiger partial charge is 0.416 e. The topological polar surface area (TPSA) is 95.9 Å². The summed E-state index contributed by atoms with van der Waals surface area (Å²) in [7, 11) is -4.29. The van der Waals surface area contributed by atoms with Gasteiger partial charge in [-0.3, -0.25) is 10.1 Å². The zero-order valence-electron chi connectivity index (χ0n) is 15.9. The van der Waals surface area contributed by atoms with E-state index >= 15 is 0 Å². The van der Waals surface area contributed by atoms with Crippen molar-refractivity contribution in [1.29, 1.82) is 0 Å². The van der Waals surface area contributed by atoms with Crippen LogP contribution in [-0.2, 0) is 29.2 Å². The van der Waals surface area contributed by atoms with Crippen LogP contribution in [0.4, 0.5) is 18.9 Å². The second-order valence-electron chi connectivity index (χ2n) is 7.00. The lowest BCUT2D eigenvalue weighted by molar-refractivity contribution is -0.137. The van der Waals surface area contributed by atoms with E-state index in [2.05, 4.69) is 21.8 Å². The highest BCUT2D eigenvalue weighted by Crippen LogP contribution is 2.34. The van der Waals surface area contributed by atoms with Gasteiger partial charge < -0.3 is 10.4 Å². The van der Waals surface area contributed by atoms with Crippen LogP contribution in [0.3, 0.4) is 0 Å². The first kappa shape index (κ1) is 22.5. The average Bonchev–Trinajstić information content (AvgIpc) is 2.70. The van der Waals surface area contributed by atoms with E-state index < -0.39 is 37.6 Å². The highest BCUT2D eigenvalue weighted by molar-refractivity contribution is 7.89. The Hall–Kier alpha value is -2.18. The molecule has 0 aromatic heterocycles. The minimum atomic E-state index is -4.78. The lowest BCUT2D eigenvalue weighted by atomic mass is 10.00. The standard InChI is InChI=1S/C19H21F3N3O4S/c20-19(21,22)16-6-7-18(17(12-16)25(26)27)30(28,29)23-9-3-10-24-11-8-14-4-1-2-5-15(14)13-24/h1-2,4-7,12,23,26H,3,8-11,13H2/q-1. The largest absolute Gasteiger partial charge is 0.733 e. The molecule has 0 aliphatic carbocycles. The summed E-state index contributed by atoms with van der Waals surface area (Å²) >= 11 is 0. The summed E-state index contributed by atoms with van der Waals surface area (Å²) in [6.45, 7) is 2.28. The van der Waals surface area contributed by atoms with Crippen LogP contribution in [0, 0.1) is 5.21 Å². The molecule has 2 aromatic carbocycles. The fraction of sp³-hybridized carbons (Fsp3) is 0.368. The molecule has 30 heavy (non-hydrogen) atoms. The zero-order valence-corrected chi connectivity index (χ0v) is 16.7. The summed E-state index contributed by atoms with van der Waals surface area (Å²) in [5.74, 6) is 0. The van der Waals surface area contributed by atoms with Crippen molar-refractivity contribution in [2.24, 2.45) is 0 Å². The molecule has 0 saturated heterocycles. The van der Waals surface area contributed by atoms with Gasteiger partial charge in [-0.05, 0) is 48.7 Å². The maximum absolute atomic E-state index is 12.8. The van der Waals surface area contributed by atoms with E-state index in [1.807, 2.05) is 12.1 Å². The Morgan fingerprint density at radius 3 is 2.53 bits per heavy atom. The molecule has 2 aromatic rings. The number of hydrogen-bond acceptors (Lipinski definition) is 6. The average molecular weight is 444 g/mol. The van der Waals surface area contributed by atoms with Gasteiger partial charge in [0.05, 0.1) is 11.3 Å². The molecular weight excluding hydrogens is 423 g/mol. The fourth-order valence-corrected chi connectivity index (χ4v) is 4.63. The summed E-state index contributed by atoms with van der Waals surface area (Å²) in [5, 5.41) is 19.4. The number of halogens is 3. The Morgan fingerprint density at radius 2 is 1.87 bits per heavy atom. The van der Waals surface area contributed by atoms with Crippen molar-refractivity contribution < 1.29 is 26.8 Å². The van der Waals surface area contributed by atoms with Gasteiger partial charge in [0.25, 0.3) is 0 Å². The third kappa shape index (κ3) is 5.29. The number of nitrogens with zero attached hydrogens (tertiary/aromatic N) is 2. The molecule has 0 amide bonds. The normalized spacial score (nSPS) is 15.1. The fourth-order valence-electron chi connectivity index (χ4n) is 3.40. The van der Waals surface area contributed by atoms with Gasteiger partial charge in [0, 0.05) is 19.6 Å². The molecule has 0 fully saturated rings. The van der Waals surface area contributed by atoms with Gasteiger partial charge in [0.15, 0.2) is 0 Å². The number of rotatable bonds is 7. The van der Waals surface area contributed by atoms with E-state index in [0.29, 0.717) is 31.2 Å². The third-order valence-corrected chi connectivity index (χ3v) is 6.44. The highest BCUT2D eigenvalue weighted by atomic mass is 32.2. The first-order chi connectivity index (χ1) is 14.1. The summed E-state index contributed by atoms with van der Waals surface area (Å²) in [5.41, 5.74) is 0.300. The number of anilines is 1. The van der Waals surface area contributed by atoms with Crippen molar-refractivity contribution in [1.82, 2.24) is 9.62 Å². The molecule has 0 radical (unpaired) electrons. The van der Waals surface area contributed by atoms with Gasteiger partial charge in [-0.1, -0.05) is 24.3 Å². The Morgan fingerprint density at radius 1 is 1.17 bits per heavy atom. The molecule has 3 rings (SSSR count). The quantitative estimate of drug-likeness (QED) is 0.503. The second-order valence-corrected chi connectivity index (χ2v) is 8.73. The Balaban J connectivity index is 1.60. The Labute approximate surface area is 172 Å². The lowest BCUT2D eigenvalue weighted by Crippen LogP contribution is -2.34. The van der Waals surface area contributed by atoms with Crippen molar-refractivity contribution in [3.05, 3.63) is 64.4 Å².